The van der Waals surface area contributed by atoms with Crippen molar-refractivity contribution < 1.29 is 4.79 Å². The highest BCUT2D eigenvalue weighted by Gasteiger charge is 2.16. The Morgan fingerprint density at radius 3 is 2.42 bits per heavy atom. The molecule has 1 fully saturated rings. The molecule has 0 radical (unpaired) electrons. The van der Waals surface area contributed by atoms with Crippen LogP contribution in [0.3, 0.4) is 0 Å². The van der Waals surface area contributed by atoms with Crippen LogP contribution in [-0.2, 0) is 4.79 Å². The summed E-state index contributed by atoms with van der Waals surface area (Å²) in [7, 11) is 1.84. The number of hydrogen-bond acceptors (Lipinski definition) is 1. The molecule has 1 saturated carbocycles. The number of anilines is 1. The van der Waals surface area contributed by atoms with E-state index < -0.39 is 0 Å². The van der Waals surface area contributed by atoms with Crippen LogP contribution in [-0.4, -0.2) is 13.0 Å². The van der Waals surface area contributed by atoms with Crippen molar-refractivity contribution in [2.45, 2.75) is 39.0 Å². The van der Waals surface area contributed by atoms with Gasteiger partial charge in [-0.15, -0.1) is 0 Å². The van der Waals surface area contributed by atoms with Gasteiger partial charge in [0.15, 0.2) is 0 Å². The van der Waals surface area contributed by atoms with Crippen molar-refractivity contribution in [3.05, 3.63) is 42.0 Å². The first-order valence-corrected chi connectivity index (χ1v) is 7.19. The molecule has 1 amide bonds. The molecule has 0 aliphatic heterocycles. The average Bonchev–Trinajstić information content (AvgIpc) is 2.48. The van der Waals surface area contributed by atoms with Crippen molar-refractivity contribution >= 4 is 11.6 Å². The van der Waals surface area contributed by atoms with E-state index in [1.165, 1.54) is 37.7 Å². The van der Waals surface area contributed by atoms with Gasteiger partial charge in [-0.25, -0.2) is 0 Å². The number of nitrogens with zero attached hydrogens (tertiary/aromatic N) is 1. The van der Waals surface area contributed by atoms with Crippen molar-refractivity contribution in [3.63, 3.8) is 0 Å². The molecule has 0 saturated heterocycles. The average molecular weight is 257 g/mol. The number of benzene rings is 1. The van der Waals surface area contributed by atoms with Crippen LogP contribution < -0.4 is 4.90 Å². The topological polar surface area (TPSA) is 20.3 Å². The molecule has 0 spiro atoms. The lowest BCUT2D eigenvalue weighted by Gasteiger charge is -2.23. The third-order valence-corrected chi connectivity index (χ3v) is 4.07. The number of allylic oxidation sites excluding steroid dienone is 1. The summed E-state index contributed by atoms with van der Waals surface area (Å²) in [6.07, 6.45) is 8.26. The van der Waals surface area contributed by atoms with Crippen LogP contribution in [0.4, 0.5) is 5.69 Å². The number of rotatable bonds is 3. The van der Waals surface area contributed by atoms with Gasteiger partial charge in [-0.3, -0.25) is 4.79 Å². The predicted molar refractivity (Wildman–Crippen MR) is 80.2 cm³/mol. The smallest absolute Gasteiger partial charge is 0.250 e. The molecule has 2 heteroatoms. The fraction of sp³-hybridized carbons (Fsp3) is 0.471. The highest BCUT2D eigenvalue weighted by molar-refractivity contribution is 6.01. The summed E-state index contributed by atoms with van der Waals surface area (Å²) in [5.74, 6) is 0.691. The first kappa shape index (κ1) is 13.9. The molecular weight excluding hydrogens is 234 g/mol. The van der Waals surface area contributed by atoms with Crippen molar-refractivity contribution in [3.8, 4) is 0 Å². The van der Waals surface area contributed by atoms with Gasteiger partial charge in [0, 0.05) is 18.8 Å². The molecule has 2 nitrogen and oxygen atoms in total. The second kappa shape index (κ2) is 6.55. The molecule has 0 bridgehead atoms. The van der Waals surface area contributed by atoms with Crippen LogP contribution in [0.1, 0.15) is 39.0 Å². The SMILES string of the molecule is CC(=CC(=O)N(C)c1ccccc1)C1CCCCC1. The maximum Gasteiger partial charge on any atom is 0.250 e. The quantitative estimate of drug-likeness (QED) is 0.744. The van der Waals surface area contributed by atoms with E-state index in [0.717, 1.165) is 5.69 Å². The molecule has 1 aliphatic carbocycles. The molecule has 1 aliphatic rings. The number of amides is 1. The van der Waals surface area contributed by atoms with Gasteiger partial charge in [0.25, 0.3) is 5.91 Å². The van der Waals surface area contributed by atoms with Gasteiger partial charge < -0.3 is 4.90 Å². The van der Waals surface area contributed by atoms with Gasteiger partial charge in [-0.2, -0.15) is 0 Å². The van der Waals surface area contributed by atoms with Crippen molar-refractivity contribution in [1.82, 2.24) is 0 Å². The van der Waals surface area contributed by atoms with Gasteiger partial charge >= 0.3 is 0 Å². The second-order valence-electron chi connectivity index (χ2n) is 5.46. The molecule has 1 aromatic rings. The minimum absolute atomic E-state index is 0.0780. The lowest BCUT2D eigenvalue weighted by atomic mass is 9.84. The third-order valence-electron chi connectivity index (χ3n) is 4.07. The van der Waals surface area contributed by atoms with E-state index in [4.69, 9.17) is 0 Å². The van der Waals surface area contributed by atoms with Crippen molar-refractivity contribution in [2.75, 3.05) is 11.9 Å². The van der Waals surface area contributed by atoms with Gasteiger partial charge in [0.05, 0.1) is 0 Å². The van der Waals surface area contributed by atoms with Crippen LogP contribution in [0.25, 0.3) is 0 Å². The summed E-state index contributed by atoms with van der Waals surface area (Å²) in [4.78, 5) is 14.0. The normalized spacial score (nSPS) is 17.3. The predicted octanol–water partition coefficient (Wildman–Crippen LogP) is 4.18. The molecule has 102 valence electrons. The second-order valence-corrected chi connectivity index (χ2v) is 5.46. The zero-order chi connectivity index (χ0) is 13.7. The minimum atomic E-state index is 0.0780. The molecule has 0 atom stereocenters. The Labute approximate surface area is 116 Å². The lowest BCUT2D eigenvalue weighted by Crippen LogP contribution is -2.25. The van der Waals surface area contributed by atoms with E-state index in [-0.39, 0.29) is 5.91 Å². The Kier molecular flexibility index (Phi) is 4.78. The summed E-state index contributed by atoms with van der Waals surface area (Å²) < 4.78 is 0. The summed E-state index contributed by atoms with van der Waals surface area (Å²) in [5, 5.41) is 0. The monoisotopic (exact) mass is 257 g/mol. The van der Waals surface area contributed by atoms with E-state index in [2.05, 4.69) is 6.92 Å². The molecule has 0 heterocycles. The maximum absolute atomic E-state index is 12.2. The minimum Gasteiger partial charge on any atom is -0.312 e. The van der Waals surface area contributed by atoms with E-state index in [0.29, 0.717) is 5.92 Å². The molecule has 1 aromatic carbocycles. The van der Waals surface area contributed by atoms with Crippen LogP contribution in [0, 0.1) is 5.92 Å². The number of para-hydroxylation sites is 1. The van der Waals surface area contributed by atoms with E-state index in [1.807, 2.05) is 43.5 Å². The maximum atomic E-state index is 12.2. The number of carbonyl (C=O) groups excluding carboxylic acids is 1. The highest BCUT2D eigenvalue weighted by Crippen LogP contribution is 2.29. The Morgan fingerprint density at radius 2 is 1.79 bits per heavy atom. The molecule has 19 heavy (non-hydrogen) atoms. The number of hydrogen-bond donors (Lipinski definition) is 0. The van der Waals surface area contributed by atoms with E-state index >= 15 is 0 Å². The Bertz CT molecular complexity index is 444. The Hall–Kier alpha value is -1.57. The standard InChI is InChI=1S/C17H23NO/c1-14(15-9-5-3-6-10-15)13-17(19)18(2)16-11-7-4-8-12-16/h4,7-8,11-13,15H,3,5-6,9-10H2,1-2H3. The molecular formula is C17H23NO. The summed E-state index contributed by atoms with van der Waals surface area (Å²) in [6.45, 7) is 2.10. The van der Waals surface area contributed by atoms with Gasteiger partial charge in [0.2, 0.25) is 0 Å². The van der Waals surface area contributed by atoms with E-state index in [1.54, 1.807) is 4.90 Å². The molecule has 0 N–H and O–H groups in total. The first-order chi connectivity index (χ1) is 9.18. The first-order valence-electron chi connectivity index (χ1n) is 7.19. The zero-order valence-corrected chi connectivity index (χ0v) is 11.9. The molecule has 2 rings (SSSR count). The number of carbonyl (C=O) groups is 1. The van der Waals surface area contributed by atoms with E-state index in [9.17, 15) is 4.79 Å². The van der Waals surface area contributed by atoms with Crippen LogP contribution in [0.2, 0.25) is 0 Å². The van der Waals surface area contributed by atoms with Gasteiger partial charge in [-0.1, -0.05) is 43.0 Å². The Morgan fingerprint density at radius 1 is 1.16 bits per heavy atom. The van der Waals surface area contributed by atoms with Crippen molar-refractivity contribution in [2.24, 2.45) is 5.92 Å². The lowest BCUT2D eigenvalue weighted by molar-refractivity contribution is -0.114. The highest BCUT2D eigenvalue weighted by atomic mass is 16.2. The summed E-state index contributed by atoms with van der Waals surface area (Å²) >= 11 is 0. The van der Waals surface area contributed by atoms with Crippen LogP contribution in [0.5, 0.6) is 0 Å². The van der Waals surface area contributed by atoms with Gasteiger partial charge in [-0.05, 0) is 37.8 Å². The zero-order valence-electron chi connectivity index (χ0n) is 11.9. The summed E-state index contributed by atoms with van der Waals surface area (Å²) in [6, 6.07) is 9.79. The van der Waals surface area contributed by atoms with Gasteiger partial charge in [0.1, 0.15) is 0 Å². The van der Waals surface area contributed by atoms with Crippen molar-refractivity contribution in [1.29, 1.82) is 0 Å². The third kappa shape index (κ3) is 3.69. The molecule has 0 unspecified atom stereocenters. The fourth-order valence-corrected chi connectivity index (χ4v) is 2.75. The van der Waals surface area contributed by atoms with Crippen LogP contribution >= 0.6 is 0 Å². The largest absolute Gasteiger partial charge is 0.312 e. The fourth-order valence-electron chi connectivity index (χ4n) is 2.75. The summed E-state index contributed by atoms with van der Waals surface area (Å²) in [5.41, 5.74) is 2.19. The Balaban J connectivity index is 2.03. The molecule has 0 aromatic heterocycles. The van der Waals surface area contributed by atoms with Crippen LogP contribution in [0.15, 0.2) is 42.0 Å². The number of likely N-dealkylation sites (N-methyl/N-ethyl adjacent to an activating group) is 1.